The van der Waals surface area contributed by atoms with E-state index in [-0.39, 0.29) is 10.8 Å². The monoisotopic (exact) mass is 643 g/mol. The Labute approximate surface area is 278 Å². The zero-order valence-corrected chi connectivity index (χ0v) is 29.0. The van der Waals surface area contributed by atoms with Gasteiger partial charge in [0.05, 0.1) is 11.1 Å². The molecule has 0 aromatic heterocycles. The summed E-state index contributed by atoms with van der Waals surface area (Å²) in [6.07, 6.45) is 13.1. The van der Waals surface area contributed by atoms with Crippen molar-refractivity contribution in [3.63, 3.8) is 0 Å². The lowest BCUT2D eigenvalue weighted by Gasteiger charge is -2.27. The molecule has 3 aromatic rings. The number of benzene rings is 3. The highest BCUT2D eigenvalue weighted by Crippen LogP contribution is 2.52. The predicted octanol–water partition coefficient (Wildman–Crippen LogP) is 11.8. The summed E-state index contributed by atoms with van der Waals surface area (Å²) in [5, 5.41) is 4.79. The van der Waals surface area contributed by atoms with Crippen molar-refractivity contribution in [1.29, 1.82) is 0 Å². The van der Waals surface area contributed by atoms with Gasteiger partial charge in [-0.05, 0) is 74.1 Å². The summed E-state index contributed by atoms with van der Waals surface area (Å²) < 4.78 is 2.45. The minimum atomic E-state index is -0.182. The molecule has 6 rings (SSSR count). The summed E-state index contributed by atoms with van der Waals surface area (Å²) in [6.45, 7) is 15.6. The third kappa shape index (κ3) is 5.08. The summed E-state index contributed by atoms with van der Waals surface area (Å²) in [6, 6.07) is 17.0. The lowest BCUT2D eigenvalue weighted by Crippen LogP contribution is -2.27. The zero-order valence-electron chi connectivity index (χ0n) is 26.7. The molecule has 0 radical (unpaired) electrons. The van der Waals surface area contributed by atoms with Crippen LogP contribution in [0, 0.1) is 0 Å². The van der Waals surface area contributed by atoms with Crippen LogP contribution in [0.2, 0.25) is 10.0 Å². The summed E-state index contributed by atoms with van der Waals surface area (Å²) in [5.41, 5.74) is 9.76. The molecule has 3 aliphatic rings. The molecule has 3 aromatic carbocycles. The molecule has 0 fully saturated rings. The van der Waals surface area contributed by atoms with Gasteiger partial charge < -0.3 is 4.90 Å². The fourth-order valence-corrected chi connectivity index (χ4v) is 8.17. The molecular weight excluding hydrogens is 603 g/mol. The van der Waals surface area contributed by atoms with E-state index in [0.29, 0.717) is 0 Å². The van der Waals surface area contributed by atoms with Crippen LogP contribution in [0.4, 0.5) is 11.4 Å². The van der Waals surface area contributed by atoms with Crippen LogP contribution in [-0.2, 0) is 10.8 Å². The standard InChI is InChI=1S/C39H42Cl3N2/c1-7-21-43-33-18-17-27(40)23-30(33)38(3,4)34(43)19-15-25-13-14-26(36(25)42)16-20-35-39(5,6)31-24-32(41)28-11-9-10-12-29(28)37(31)44(35)22-8-2/h9-12,15-20,23-24H,7-8,13-14,21-22H2,1-6H3/q+1. The van der Waals surface area contributed by atoms with Gasteiger partial charge in [0.1, 0.15) is 6.54 Å². The Balaban J connectivity index is 1.36. The minimum Gasteiger partial charge on any atom is -0.343 e. The Hall–Kier alpha value is -2.78. The average molecular weight is 645 g/mol. The molecule has 0 spiro atoms. The van der Waals surface area contributed by atoms with Crippen molar-refractivity contribution >= 4 is 62.7 Å². The molecule has 0 amide bonds. The van der Waals surface area contributed by atoms with Gasteiger partial charge in [0, 0.05) is 67.6 Å². The predicted molar refractivity (Wildman–Crippen MR) is 192 cm³/mol. The van der Waals surface area contributed by atoms with Gasteiger partial charge in [0.15, 0.2) is 5.71 Å². The van der Waals surface area contributed by atoms with Crippen LogP contribution in [0.3, 0.4) is 0 Å². The Bertz CT molecular complexity index is 1820. The summed E-state index contributed by atoms with van der Waals surface area (Å²) in [5.74, 6) is 0. The third-order valence-corrected chi connectivity index (χ3v) is 10.7. The molecule has 0 saturated heterocycles. The molecule has 0 N–H and O–H groups in total. The van der Waals surface area contributed by atoms with Crippen molar-refractivity contribution in [3.8, 4) is 0 Å². The largest absolute Gasteiger partial charge is 0.343 e. The first-order valence-electron chi connectivity index (χ1n) is 15.9. The van der Waals surface area contributed by atoms with Crippen molar-refractivity contribution in [2.45, 2.75) is 78.1 Å². The van der Waals surface area contributed by atoms with E-state index in [4.69, 9.17) is 34.8 Å². The van der Waals surface area contributed by atoms with E-state index in [2.05, 4.69) is 118 Å². The van der Waals surface area contributed by atoms with Crippen molar-refractivity contribution in [1.82, 2.24) is 0 Å². The second kappa shape index (κ2) is 11.9. The Morgan fingerprint density at radius 2 is 1.57 bits per heavy atom. The minimum absolute atomic E-state index is 0.139. The lowest BCUT2D eigenvalue weighted by molar-refractivity contribution is -0.437. The zero-order chi connectivity index (χ0) is 31.4. The van der Waals surface area contributed by atoms with Gasteiger partial charge in [-0.1, -0.05) is 98.9 Å². The second-order valence-electron chi connectivity index (χ2n) is 13.3. The number of allylic oxidation sites excluding steroid dienone is 8. The third-order valence-electron chi connectivity index (χ3n) is 9.70. The van der Waals surface area contributed by atoms with Crippen LogP contribution in [0.15, 0.2) is 94.7 Å². The summed E-state index contributed by atoms with van der Waals surface area (Å²) in [7, 11) is 0. The van der Waals surface area contributed by atoms with E-state index in [0.717, 1.165) is 59.2 Å². The molecule has 2 nitrogen and oxygen atoms in total. The van der Waals surface area contributed by atoms with Crippen LogP contribution in [-0.4, -0.2) is 23.4 Å². The smallest absolute Gasteiger partial charge is 0.209 e. The van der Waals surface area contributed by atoms with Crippen LogP contribution >= 0.6 is 34.8 Å². The summed E-state index contributed by atoms with van der Waals surface area (Å²) in [4.78, 5) is 2.50. The number of rotatable bonds is 7. The van der Waals surface area contributed by atoms with Crippen molar-refractivity contribution in [3.05, 3.63) is 116 Å². The molecule has 2 heterocycles. The second-order valence-corrected chi connectivity index (χ2v) is 14.5. The molecule has 2 aliphatic heterocycles. The Morgan fingerprint density at radius 1 is 0.818 bits per heavy atom. The van der Waals surface area contributed by atoms with Gasteiger partial charge in [0.2, 0.25) is 5.69 Å². The van der Waals surface area contributed by atoms with Crippen molar-refractivity contribution in [2.24, 2.45) is 0 Å². The molecule has 0 atom stereocenters. The highest BCUT2D eigenvalue weighted by molar-refractivity contribution is 6.36. The highest BCUT2D eigenvalue weighted by atomic mass is 35.5. The van der Waals surface area contributed by atoms with Gasteiger partial charge >= 0.3 is 0 Å². The number of hydrogen-bond acceptors (Lipinski definition) is 1. The lowest BCUT2D eigenvalue weighted by atomic mass is 9.81. The fraction of sp³-hybridized carbons (Fsp3) is 0.359. The molecule has 0 unspecified atom stereocenters. The number of halogens is 3. The Kier molecular flexibility index (Phi) is 8.41. The van der Waals surface area contributed by atoms with Gasteiger partial charge in [0.25, 0.3) is 0 Å². The maximum absolute atomic E-state index is 7.11. The van der Waals surface area contributed by atoms with Gasteiger partial charge in [-0.15, -0.1) is 0 Å². The van der Waals surface area contributed by atoms with Crippen LogP contribution in [0.1, 0.15) is 78.4 Å². The van der Waals surface area contributed by atoms with Gasteiger partial charge in [-0.3, -0.25) is 0 Å². The van der Waals surface area contributed by atoms with Crippen molar-refractivity contribution < 1.29 is 4.58 Å². The SMILES string of the molecule is CCCN1/C(=C/C=C2\CCC(/C=C/C3=[N+](CCC)c4ccc(Cl)cc4C3(C)C)=C2Cl)C(C)(C)c2cc(Cl)c3ccccc3c21. The Morgan fingerprint density at radius 3 is 2.30 bits per heavy atom. The van der Waals surface area contributed by atoms with Gasteiger partial charge in [-0.25, -0.2) is 0 Å². The normalized spacial score (nSPS) is 20.7. The molecular formula is C39H42Cl3N2+. The van der Waals surface area contributed by atoms with Gasteiger partial charge in [-0.2, -0.15) is 4.58 Å². The first kappa shape index (κ1) is 31.2. The molecule has 228 valence electrons. The molecule has 0 bridgehead atoms. The van der Waals surface area contributed by atoms with Crippen LogP contribution < -0.4 is 4.90 Å². The van der Waals surface area contributed by atoms with E-state index in [1.54, 1.807) is 0 Å². The number of hydrogen-bond donors (Lipinski definition) is 0. The van der Waals surface area contributed by atoms with E-state index >= 15 is 0 Å². The summed E-state index contributed by atoms with van der Waals surface area (Å²) >= 11 is 20.4. The number of fused-ring (bicyclic) bond motifs is 4. The molecule has 1 aliphatic carbocycles. The number of nitrogens with zero attached hydrogens (tertiary/aromatic N) is 2. The van der Waals surface area contributed by atoms with E-state index in [9.17, 15) is 0 Å². The maximum atomic E-state index is 7.11. The maximum Gasteiger partial charge on any atom is 0.209 e. The van der Waals surface area contributed by atoms with E-state index in [1.807, 2.05) is 6.07 Å². The first-order chi connectivity index (χ1) is 21.0. The highest BCUT2D eigenvalue weighted by Gasteiger charge is 2.44. The first-order valence-corrected chi connectivity index (χ1v) is 17.1. The quantitative estimate of drug-likeness (QED) is 0.232. The molecule has 44 heavy (non-hydrogen) atoms. The molecule has 0 saturated carbocycles. The average Bonchev–Trinajstić information content (AvgIpc) is 3.51. The van der Waals surface area contributed by atoms with E-state index < -0.39 is 0 Å². The van der Waals surface area contributed by atoms with Crippen molar-refractivity contribution in [2.75, 3.05) is 18.0 Å². The van der Waals surface area contributed by atoms with Crippen LogP contribution in [0.5, 0.6) is 0 Å². The number of anilines is 1. The van der Waals surface area contributed by atoms with Crippen LogP contribution in [0.25, 0.3) is 10.8 Å². The topological polar surface area (TPSA) is 6.25 Å². The fourth-order valence-electron chi connectivity index (χ4n) is 7.41. The van der Waals surface area contributed by atoms with E-state index in [1.165, 1.54) is 50.4 Å². The molecule has 5 heteroatoms.